The van der Waals surface area contributed by atoms with Crippen molar-refractivity contribution in [2.75, 3.05) is 0 Å². The van der Waals surface area contributed by atoms with Gasteiger partial charge < -0.3 is 4.74 Å². The van der Waals surface area contributed by atoms with E-state index in [1.165, 1.54) is 16.7 Å². The minimum atomic E-state index is -0.324. The van der Waals surface area contributed by atoms with Crippen LogP contribution in [0, 0.1) is 0 Å². The van der Waals surface area contributed by atoms with Gasteiger partial charge in [0.1, 0.15) is 5.75 Å². The average molecular weight is 358 g/mol. The molecule has 0 aliphatic rings. The number of carbonyl (C=O) groups is 1. The van der Waals surface area contributed by atoms with Crippen LogP contribution in [0.25, 0.3) is 11.1 Å². The van der Waals surface area contributed by atoms with Crippen LogP contribution < -0.4 is 4.74 Å². The van der Waals surface area contributed by atoms with E-state index in [2.05, 4.69) is 38.1 Å². The minimum Gasteiger partial charge on any atom is -0.423 e. The lowest BCUT2D eigenvalue weighted by Gasteiger charge is -2.07. The lowest BCUT2D eigenvalue weighted by molar-refractivity contribution is 0.0735. The highest BCUT2D eigenvalue weighted by molar-refractivity contribution is 5.91. The van der Waals surface area contributed by atoms with Gasteiger partial charge in [-0.3, -0.25) is 0 Å². The van der Waals surface area contributed by atoms with Crippen molar-refractivity contribution in [1.29, 1.82) is 0 Å². The summed E-state index contributed by atoms with van der Waals surface area (Å²) in [5, 5.41) is 0. The summed E-state index contributed by atoms with van der Waals surface area (Å²) in [6.45, 7) is 4.33. The monoisotopic (exact) mass is 358 g/mol. The van der Waals surface area contributed by atoms with Crippen LogP contribution in [0.4, 0.5) is 0 Å². The molecule has 0 bridgehead atoms. The molecule has 0 amide bonds. The van der Waals surface area contributed by atoms with Crippen molar-refractivity contribution in [1.82, 2.24) is 0 Å². The normalized spacial score (nSPS) is 10.6. The number of aryl methyl sites for hydroxylation is 2. The van der Waals surface area contributed by atoms with Gasteiger partial charge in [-0.1, -0.05) is 75.2 Å². The van der Waals surface area contributed by atoms with Crippen molar-refractivity contribution in [2.45, 2.75) is 39.5 Å². The summed E-state index contributed by atoms with van der Waals surface area (Å²) < 4.78 is 5.50. The van der Waals surface area contributed by atoms with Crippen molar-refractivity contribution in [3.05, 3.63) is 89.5 Å². The maximum Gasteiger partial charge on any atom is 0.343 e. The summed E-state index contributed by atoms with van der Waals surface area (Å²) in [5.74, 6) is 0.235. The first kappa shape index (κ1) is 18.9. The highest BCUT2D eigenvalue weighted by atomic mass is 16.5. The van der Waals surface area contributed by atoms with Gasteiger partial charge in [0.25, 0.3) is 0 Å². The summed E-state index contributed by atoms with van der Waals surface area (Å²) in [4.78, 5) is 12.3. The predicted octanol–water partition coefficient (Wildman–Crippen LogP) is 6.48. The molecule has 0 unspecified atom stereocenters. The van der Waals surface area contributed by atoms with E-state index < -0.39 is 0 Å². The average Bonchev–Trinajstić information content (AvgIpc) is 2.70. The fourth-order valence-electron chi connectivity index (χ4n) is 3.13. The number of ether oxygens (including phenoxy) is 1. The second-order valence-corrected chi connectivity index (χ2v) is 6.81. The first-order valence-electron chi connectivity index (χ1n) is 9.70. The molecule has 0 aliphatic carbocycles. The quantitative estimate of drug-likeness (QED) is 0.357. The van der Waals surface area contributed by atoms with E-state index >= 15 is 0 Å². The van der Waals surface area contributed by atoms with Gasteiger partial charge in [0.2, 0.25) is 0 Å². The summed E-state index contributed by atoms with van der Waals surface area (Å²) >= 11 is 0. The Morgan fingerprint density at radius 2 is 1.11 bits per heavy atom. The molecule has 3 aromatic carbocycles. The number of hydrogen-bond donors (Lipinski definition) is 0. The Kier molecular flexibility index (Phi) is 6.43. The lowest BCUT2D eigenvalue weighted by atomic mass is 10.0. The molecule has 138 valence electrons. The van der Waals surface area contributed by atoms with E-state index in [1.54, 1.807) is 0 Å². The smallest absolute Gasteiger partial charge is 0.343 e. The third-order valence-corrected chi connectivity index (χ3v) is 4.62. The molecule has 3 rings (SSSR count). The number of hydrogen-bond acceptors (Lipinski definition) is 2. The second-order valence-electron chi connectivity index (χ2n) is 6.81. The number of esters is 1. The van der Waals surface area contributed by atoms with Crippen LogP contribution in [0.15, 0.2) is 72.8 Å². The topological polar surface area (TPSA) is 26.3 Å². The Morgan fingerprint density at radius 1 is 0.667 bits per heavy atom. The van der Waals surface area contributed by atoms with Crippen molar-refractivity contribution in [3.63, 3.8) is 0 Å². The maximum absolute atomic E-state index is 12.3. The van der Waals surface area contributed by atoms with Gasteiger partial charge in [-0.05, 0) is 59.4 Å². The zero-order chi connectivity index (χ0) is 19.1. The molecule has 0 spiro atoms. The van der Waals surface area contributed by atoms with Crippen molar-refractivity contribution in [2.24, 2.45) is 0 Å². The Hall–Kier alpha value is -2.87. The van der Waals surface area contributed by atoms with E-state index in [-0.39, 0.29) is 5.97 Å². The molecule has 0 saturated heterocycles. The fourth-order valence-corrected chi connectivity index (χ4v) is 3.13. The summed E-state index contributed by atoms with van der Waals surface area (Å²) in [6.07, 6.45) is 4.38. The van der Waals surface area contributed by atoms with Gasteiger partial charge in [0.15, 0.2) is 0 Å². The van der Waals surface area contributed by atoms with Gasteiger partial charge >= 0.3 is 5.97 Å². The first-order valence-corrected chi connectivity index (χ1v) is 9.70. The van der Waals surface area contributed by atoms with Crippen LogP contribution in [0.3, 0.4) is 0 Å². The number of benzene rings is 3. The zero-order valence-electron chi connectivity index (χ0n) is 16.1. The van der Waals surface area contributed by atoms with Gasteiger partial charge in [-0.25, -0.2) is 4.79 Å². The van der Waals surface area contributed by atoms with Crippen LogP contribution in [0.1, 0.15) is 48.2 Å². The Balaban J connectivity index is 1.65. The largest absolute Gasteiger partial charge is 0.423 e. The molecule has 0 heterocycles. The summed E-state index contributed by atoms with van der Waals surface area (Å²) in [5.41, 5.74) is 5.45. The highest BCUT2D eigenvalue weighted by Crippen LogP contribution is 2.23. The van der Waals surface area contributed by atoms with E-state index in [9.17, 15) is 4.79 Å². The molecule has 0 saturated carbocycles. The predicted molar refractivity (Wildman–Crippen MR) is 111 cm³/mol. The van der Waals surface area contributed by atoms with E-state index in [1.807, 2.05) is 48.5 Å². The third kappa shape index (κ3) is 5.07. The molecule has 0 radical (unpaired) electrons. The van der Waals surface area contributed by atoms with E-state index in [0.717, 1.165) is 31.2 Å². The van der Waals surface area contributed by atoms with Crippen molar-refractivity contribution < 1.29 is 9.53 Å². The molecule has 0 fully saturated rings. The molecular formula is C25H26O2. The summed E-state index contributed by atoms with van der Waals surface area (Å²) in [7, 11) is 0. The van der Waals surface area contributed by atoms with Crippen LogP contribution in [-0.2, 0) is 12.8 Å². The zero-order valence-corrected chi connectivity index (χ0v) is 16.1. The second kappa shape index (κ2) is 9.18. The molecule has 0 aliphatic heterocycles. The van der Waals surface area contributed by atoms with Gasteiger partial charge in [0.05, 0.1) is 5.56 Å². The standard InChI is InChI=1S/C25H26O2/c1-3-5-19-7-11-21(12-8-19)22-15-17-24(18-16-22)27-25(26)23-13-9-20(6-4-2)10-14-23/h7-18H,3-6H2,1-2H3. The Labute approximate surface area is 161 Å². The number of carbonyl (C=O) groups excluding carboxylic acids is 1. The molecule has 0 N–H and O–H groups in total. The van der Waals surface area contributed by atoms with Gasteiger partial charge in [-0.2, -0.15) is 0 Å². The minimum absolute atomic E-state index is 0.324. The Morgan fingerprint density at radius 3 is 1.59 bits per heavy atom. The number of rotatable bonds is 7. The lowest BCUT2D eigenvalue weighted by Crippen LogP contribution is -2.08. The van der Waals surface area contributed by atoms with Gasteiger partial charge in [0, 0.05) is 0 Å². The molecule has 2 heteroatoms. The van der Waals surface area contributed by atoms with Crippen LogP contribution in [-0.4, -0.2) is 5.97 Å². The van der Waals surface area contributed by atoms with Crippen LogP contribution >= 0.6 is 0 Å². The molecule has 2 nitrogen and oxygen atoms in total. The summed E-state index contributed by atoms with van der Waals surface area (Å²) in [6, 6.07) is 24.0. The van der Waals surface area contributed by atoms with Crippen molar-refractivity contribution >= 4 is 5.97 Å². The SMILES string of the molecule is CCCc1ccc(C(=O)Oc2ccc(-c3ccc(CCC)cc3)cc2)cc1. The molecule has 27 heavy (non-hydrogen) atoms. The fraction of sp³-hybridized carbons (Fsp3) is 0.240. The molecule has 0 aromatic heterocycles. The van der Waals surface area contributed by atoms with Crippen molar-refractivity contribution in [3.8, 4) is 16.9 Å². The molecular weight excluding hydrogens is 332 g/mol. The molecule has 0 atom stereocenters. The third-order valence-electron chi connectivity index (χ3n) is 4.62. The first-order chi connectivity index (χ1) is 13.2. The maximum atomic E-state index is 12.3. The van der Waals surface area contributed by atoms with Crippen LogP contribution in [0.5, 0.6) is 5.75 Å². The highest BCUT2D eigenvalue weighted by Gasteiger charge is 2.09. The van der Waals surface area contributed by atoms with Crippen LogP contribution in [0.2, 0.25) is 0 Å². The van der Waals surface area contributed by atoms with E-state index in [4.69, 9.17) is 4.74 Å². The Bertz CT molecular complexity index is 860. The van der Waals surface area contributed by atoms with E-state index in [0.29, 0.717) is 11.3 Å². The molecule has 3 aromatic rings. The van der Waals surface area contributed by atoms with Gasteiger partial charge in [-0.15, -0.1) is 0 Å².